The van der Waals surface area contributed by atoms with Crippen molar-refractivity contribution in [3.8, 4) is 5.75 Å². The second-order valence-corrected chi connectivity index (χ2v) is 9.19. The van der Waals surface area contributed by atoms with Crippen molar-refractivity contribution in [3.05, 3.63) is 59.2 Å². The predicted molar refractivity (Wildman–Crippen MR) is 118 cm³/mol. The molecule has 164 valence electrons. The summed E-state index contributed by atoms with van der Waals surface area (Å²) in [5, 5.41) is 2.90. The van der Waals surface area contributed by atoms with Crippen LogP contribution < -0.4 is 10.1 Å². The van der Waals surface area contributed by atoms with Crippen molar-refractivity contribution >= 4 is 15.9 Å². The van der Waals surface area contributed by atoms with Crippen molar-refractivity contribution < 1.29 is 17.9 Å². The summed E-state index contributed by atoms with van der Waals surface area (Å²) in [4.78, 5) is 15.0. The Hall–Kier alpha value is -2.42. The van der Waals surface area contributed by atoms with Crippen LogP contribution in [0.1, 0.15) is 35.3 Å². The first-order valence-corrected chi connectivity index (χ1v) is 11.4. The van der Waals surface area contributed by atoms with Crippen LogP contribution in [0.5, 0.6) is 5.75 Å². The van der Waals surface area contributed by atoms with Gasteiger partial charge in [-0.2, -0.15) is 0 Å². The molecule has 2 aromatic carbocycles. The number of sulfonamides is 1. The highest BCUT2D eigenvalue weighted by Crippen LogP contribution is 2.27. The van der Waals surface area contributed by atoms with Gasteiger partial charge in [0.1, 0.15) is 10.6 Å². The topological polar surface area (TPSA) is 79.0 Å². The van der Waals surface area contributed by atoms with Gasteiger partial charge in [0.2, 0.25) is 10.0 Å². The van der Waals surface area contributed by atoms with E-state index in [1.54, 1.807) is 6.07 Å². The van der Waals surface area contributed by atoms with E-state index in [1.807, 2.05) is 18.2 Å². The van der Waals surface area contributed by atoms with E-state index in [0.717, 1.165) is 35.1 Å². The van der Waals surface area contributed by atoms with Crippen LogP contribution in [0.25, 0.3) is 0 Å². The normalized spacial score (nSPS) is 11.7. The third-order valence-electron chi connectivity index (χ3n) is 5.03. The number of methoxy groups -OCH3 is 1. The number of carbonyl (C=O) groups is 1. The number of amides is 1. The minimum Gasteiger partial charge on any atom is -0.495 e. The van der Waals surface area contributed by atoms with Crippen molar-refractivity contribution in [3.63, 3.8) is 0 Å². The highest BCUT2D eigenvalue weighted by molar-refractivity contribution is 7.89. The molecule has 0 heterocycles. The molecule has 0 radical (unpaired) electrons. The molecule has 1 N–H and O–H groups in total. The van der Waals surface area contributed by atoms with Crippen molar-refractivity contribution in [2.45, 2.75) is 31.8 Å². The van der Waals surface area contributed by atoms with Crippen LogP contribution in [0.2, 0.25) is 0 Å². The molecule has 30 heavy (non-hydrogen) atoms. The van der Waals surface area contributed by atoms with E-state index < -0.39 is 10.0 Å². The van der Waals surface area contributed by atoms with Crippen molar-refractivity contribution in [1.29, 1.82) is 0 Å². The fourth-order valence-corrected chi connectivity index (χ4v) is 4.14. The highest BCUT2D eigenvalue weighted by atomic mass is 32.2. The van der Waals surface area contributed by atoms with Gasteiger partial charge < -0.3 is 10.1 Å². The van der Waals surface area contributed by atoms with Crippen LogP contribution >= 0.6 is 0 Å². The monoisotopic (exact) mass is 433 g/mol. The Morgan fingerprint density at radius 3 is 2.23 bits per heavy atom. The minimum absolute atomic E-state index is 0.0374. The number of rotatable bonds is 10. The first-order chi connectivity index (χ1) is 14.2. The van der Waals surface area contributed by atoms with E-state index in [2.05, 4.69) is 30.1 Å². The average Bonchev–Trinajstić information content (AvgIpc) is 2.75. The predicted octanol–water partition coefficient (Wildman–Crippen LogP) is 2.72. The van der Waals surface area contributed by atoms with Crippen LogP contribution in [-0.4, -0.2) is 57.8 Å². The number of benzene rings is 2. The lowest BCUT2D eigenvalue weighted by Gasteiger charge is -2.20. The molecular weight excluding hydrogens is 402 g/mol. The molecule has 0 bridgehead atoms. The molecule has 0 fully saturated rings. The number of carbonyl (C=O) groups excluding carboxylic acids is 1. The zero-order chi connectivity index (χ0) is 22.3. The van der Waals surface area contributed by atoms with E-state index in [9.17, 15) is 13.2 Å². The Balaban J connectivity index is 2.22. The lowest BCUT2D eigenvalue weighted by Crippen LogP contribution is -2.27. The maximum absolute atomic E-state index is 12.7. The summed E-state index contributed by atoms with van der Waals surface area (Å²) in [6, 6.07) is 12.4. The van der Waals surface area contributed by atoms with E-state index in [4.69, 9.17) is 4.74 Å². The van der Waals surface area contributed by atoms with Crippen LogP contribution in [0.3, 0.4) is 0 Å². The minimum atomic E-state index is -3.75. The molecule has 0 atom stereocenters. The number of hydrogen-bond donors (Lipinski definition) is 1. The van der Waals surface area contributed by atoms with E-state index in [-0.39, 0.29) is 22.1 Å². The lowest BCUT2D eigenvalue weighted by atomic mass is 10.1. The van der Waals surface area contributed by atoms with Crippen LogP contribution in [-0.2, 0) is 23.1 Å². The van der Waals surface area contributed by atoms with Gasteiger partial charge in [0.25, 0.3) is 5.91 Å². The van der Waals surface area contributed by atoms with Gasteiger partial charge in [-0.05, 0) is 42.4 Å². The first kappa shape index (κ1) is 23.9. The van der Waals surface area contributed by atoms with Gasteiger partial charge in [0, 0.05) is 32.7 Å². The maximum atomic E-state index is 12.7. The van der Waals surface area contributed by atoms with Crippen molar-refractivity contribution in [2.24, 2.45) is 0 Å². The van der Waals surface area contributed by atoms with Crippen molar-refractivity contribution in [2.75, 3.05) is 34.3 Å². The zero-order valence-electron chi connectivity index (χ0n) is 18.3. The molecule has 8 heteroatoms. The highest BCUT2D eigenvalue weighted by Gasteiger charge is 2.24. The van der Waals surface area contributed by atoms with E-state index >= 15 is 0 Å². The second kappa shape index (κ2) is 10.6. The molecule has 2 aromatic rings. The molecule has 0 aliphatic rings. The van der Waals surface area contributed by atoms with Crippen LogP contribution in [0.15, 0.2) is 47.4 Å². The molecule has 0 aromatic heterocycles. The molecule has 1 amide bonds. The Bertz CT molecular complexity index is 970. The van der Waals surface area contributed by atoms with Gasteiger partial charge in [-0.15, -0.1) is 0 Å². The molecule has 0 aliphatic heterocycles. The summed E-state index contributed by atoms with van der Waals surface area (Å²) in [5.41, 5.74) is 2.46. The summed E-state index contributed by atoms with van der Waals surface area (Å²) in [6.45, 7) is 7.32. The summed E-state index contributed by atoms with van der Waals surface area (Å²) in [5.74, 6) is -0.143. The fourth-order valence-electron chi connectivity index (χ4n) is 3.07. The summed E-state index contributed by atoms with van der Waals surface area (Å²) in [6.07, 6.45) is 0. The zero-order valence-corrected chi connectivity index (χ0v) is 19.1. The molecule has 0 saturated carbocycles. The van der Waals surface area contributed by atoms with E-state index in [1.165, 1.54) is 33.3 Å². The lowest BCUT2D eigenvalue weighted by molar-refractivity contribution is 0.0950. The smallest absolute Gasteiger partial charge is 0.251 e. The molecule has 0 aliphatic carbocycles. The first-order valence-electron chi connectivity index (χ1n) is 9.92. The number of hydrogen-bond acceptors (Lipinski definition) is 5. The molecule has 0 unspecified atom stereocenters. The third kappa shape index (κ3) is 5.59. The standard InChI is InChI=1S/C22H31N3O4S/c1-6-25(7-2)16-19-11-9-8-10-18(19)15-23-22(26)17-12-13-20(29-5)21(14-17)30(27,28)24(3)4/h8-14H,6-7,15-16H2,1-5H3,(H,23,26). The Labute approximate surface area is 179 Å². The van der Waals surface area contributed by atoms with Gasteiger partial charge in [0.05, 0.1) is 7.11 Å². The SMILES string of the molecule is CCN(CC)Cc1ccccc1CNC(=O)c1ccc(OC)c(S(=O)(=O)N(C)C)c1. The number of nitrogens with zero attached hydrogens (tertiary/aromatic N) is 2. The summed E-state index contributed by atoms with van der Waals surface area (Å²) < 4.78 is 31.4. The third-order valence-corrected chi connectivity index (χ3v) is 6.87. The quantitative estimate of drug-likeness (QED) is 0.623. The Morgan fingerprint density at radius 2 is 1.67 bits per heavy atom. The van der Waals surface area contributed by atoms with E-state index in [0.29, 0.717) is 6.54 Å². The maximum Gasteiger partial charge on any atom is 0.251 e. The molecule has 0 spiro atoms. The molecule has 0 saturated heterocycles. The molecule has 7 nitrogen and oxygen atoms in total. The average molecular weight is 434 g/mol. The summed E-state index contributed by atoms with van der Waals surface area (Å²) in [7, 11) is 0.531. The number of nitrogens with one attached hydrogen (secondary N) is 1. The van der Waals surface area contributed by atoms with Gasteiger partial charge in [0.15, 0.2) is 0 Å². The Kier molecular flexibility index (Phi) is 8.40. The summed E-state index contributed by atoms with van der Waals surface area (Å²) >= 11 is 0. The largest absolute Gasteiger partial charge is 0.495 e. The van der Waals surface area contributed by atoms with Gasteiger partial charge in [-0.3, -0.25) is 9.69 Å². The van der Waals surface area contributed by atoms with Gasteiger partial charge >= 0.3 is 0 Å². The van der Waals surface area contributed by atoms with Crippen LogP contribution in [0.4, 0.5) is 0 Å². The van der Waals surface area contributed by atoms with Crippen molar-refractivity contribution in [1.82, 2.24) is 14.5 Å². The number of ether oxygens (including phenoxy) is 1. The van der Waals surface area contributed by atoms with Gasteiger partial charge in [-0.1, -0.05) is 38.1 Å². The Morgan fingerprint density at radius 1 is 1.03 bits per heavy atom. The molecule has 2 rings (SSSR count). The second-order valence-electron chi connectivity index (χ2n) is 7.07. The fraction of sp³-hybridized carbons (Fsp3) is 0.409. The molecular formula is C22H31N3O4S. The van der Waals surface area contributed by atoms with Crippen LogP contribution in [0, 0.1) is 0 Å². The van der Waals surface area contributed by atoms with Gasteiger partial charge in [-0.25, -0.2) is 12.7 Å².